The Morgan fingerprint density at radius 3 is 2.41 bits per heavy atom. The summed E-state index contributed by atoms with van der Waals surface area (Å²) in [4.78, 5) is 15.3. The van der Waals surface area contributed by atoms with Crippen molar-refractivity contribution in [2.24, 2.45) is 0 Å². The standard InChI is InChI=1S/C22H27FN2O4/c1-22(2)20(26)19(17-10-9-16(24(3)4)13-18(17)29-22)25(21(27)28)12-11-14-5-7-15(23)8-6-14/h5-10,13,19-20,26H,11-12H2,1-4H3,(H,27,28)/t19-,20+/m0/s1. The summed E-state index contributed by atoms with van der Waals surface area (Å²) in [6.45, 7) is 3.65. The topological polar surface area (TPSA) is 73.2 Å². The molecule has 1 heterocycles. The van der Waals surface area contributed by atoms with Gasteiger partial charge in [-0.15, -0.1) is 0 Å². The van der Waals surface area contributed by atoms with Crippen LogP contribution in [0.2, 0.25) is 0 Å². The van der Waals surface area contributed by atoms with E-state index < -0.39 is 23.8 Å². The van der Waals surface area contributed by atoms with Gasteiger partial charge in [0.1, 0.15) is 23.3 Å². The summed E-state index contributed by atoms with van der Waals surface area (Å²) < 4.78 is 19.2. The van der Waals surface area contributed by atoms with Crippen molar-refractivity contribution in [2.75, 3.05) is 25.5 Å². The van der Waals surface area contributed by atoms with E-state index in [9.17, 15) is 19.4 Å². The molecular formula is C22H27FN2O4. The first kappa shape index (κ1) is 20.9. The summed E-state index contributed by atoms with van der Waals surface area (Å²) in [7, 11) is 3.82. The number of nitrogens with zero attached hydrogens (tertiary/aromatic N) is 2. The van der Waals surface area contributed by atoms with E-state index in [4.69, 9.17) is 4.74 Å². The molecule has 0 radical (unpaired) electrons. The SMILES string of the molecule is CN(C)c1ccc2c(c1)OC(C)(C)[C@H](O)[C@H]2N(CCc1ccc(F)cc1)C(=O)O. The van der Waals surface area contributed by atoms with Gasteiger partial charge >= 0.3 is 6.09 Å². The minimum atomic E-state index is -1.13. The highest BCUT2D eigenvalue weighted by molar-refractivity contribution is 5.67. The summed E-state index contributed by atoms with van der Waals surface area (Å²) in [6.07, 6.45) is -1.77. The van der Waals surface area contributed by atoms with E-state index in [1.165, 1.54) is 17.0 Å². The molecule has 156 valence electrons. The number of benzene rings is 2. The highest BCUT2D eigenvalue weighted by Gasteiger charge is 2.46. The Labute approximate surface area is 170 Å². The van der Waals surface area contributed by atoms with Gasteiger partial charge in [-0.1, -0.05) is 18.2 Å². The summed E-state index contributed by atoms with van der Waals surface area (Å²) in [5.74, 6) is 0.223. The summed E-state index contributed by atoms with van der Waals surface area (Å²) in [5, 5.41) is 20.9. The van der Waals surface area contributed by atoms with Crippen molar-refractivity contribution in [3.63, 3.8) is 0 Å². The second kappa shape index (κ2) is 7.91. The number of ether oxygens (including phenoxy) is 1. The Morgan fingerprint density at radius 2 is 1.83 bits per heavy atom. The van der Waals surface area contributed by atoms with Crippen LogP contribution < -0.4 is 9.64 Å². The van der Waals surface area contributed by atoms with Crippen LogP contribution in [0.15, 0.2) is 42.5 Å². The highest BCUT2D eigenvalue weighted by Crippen LogP contribution is 2.44. The minimum absolute atomic E-state index is 0.160. The molecule has 1 aliphatic heterocycles. The van der Waals surface area contributed by atoms with E-state index in [1.54, 1.807) is 26.0 Å². The van der Waals surface area contributed by atoms with Crippen LogP contribution in [0.25, 0.3) is 0 Å². The van der Waals surface area contributed by atoms with Crippen LogP contribution in [0.1, 0.15) is 31.0 Å². The van der Waals surface area contributed by atoms with Crippen LogP contribution in [0.4, 0.5) is 14.9 Å². The van der Waals surface area contributed by atoms with Crippen LogP contribution in [0.5, 0.6) is 5.75 Å². The van der Waals surface area contributed by atoms with E-state index in [-0.39, 0.29) is 12.4 Å². The third-order valence-corrected chi connectivity index (χ3v) is 5.35. The fourth-order valence-electron chi connectivity index (χ4n) is 3.62. The maximum Gasteiger partial charge on any atom is 0.407 e. The van der Waals surface area contributed by atoms with Crippen molar-refractivity contribution in [3.05, 3.63) is 59.4 Å². The number of hydrogen-bond donors (Lipinski definition) is 2. The largest absolute Gasteiger partial charge is 0.485 e. The quantitative estimate of drug-likeness (QED) is 0.798. The molecule has 1 amide bonds. The first-order valence-electron chi connectivity index (χ1n) is 9.52. The maximum atomic E-state index is 13.1. The minimum Gasteiger partial charge on any atom is -0.485 e. The average Bonchev–Trinajstić information content (AvgIpc) is 2.65. The van der Waals surface area contributed by atoms with Gasteiger partial charge in [0.15, 0.2) is 0 Å². The lowest BCUT2D eigenvalue weighted by atomic mass is 9.85. The van der Waals surface area contributed by atoms with Crippen LogP contribution in [-0.4, -0.2) is 53.6 Å². The number of aliphatic hydroxyl groups is 1. The zero-order valence-electron chi connectivity index (χ0n) is 17.1. The number of rotatable bonds is 5. The molecule has 6 nitrogen and oxygen atoms in total. The van der Waals surface area contributed by atoms with Crippen LogP contribution >= 0.6 is 0 Å². The molecular weight excluding hydrogens is 375 g/mol. The molecule has 2 atom stereocenters. The second-order valence-electron chi connectivity index (χ2n) is 8.06. The molecule has 0 saturated carbocycles. The number of hydrogen-bond acceptors (Lipinski definition) is 4. The molecule has 0 unspecified atom stereocenters. The van der Waals surface area contributed by atoms with Crippen molar-refractivity contribution in [3.8, 4) is 5.75 Å². The molecule has 0 fully saturated rings. The second-order valence-corrected chi connectivity index (χ2v) is 8.06. The maximum absolute atomic E-state index is 13.1. The fraction of sp³-hybridized carbons (Fsp3) is 0.409. The molecule has 2 aromatic rings. The van der Waals surface area contributed by atoms with E-state index >= 15 is 0 Å². The monoisotopic (exact) mass is 402 g/mol. The molecule has 0 saturated heterocycles. The van der Waals surface area contributed by atoms with Crippen LogP contribution in [0.3, 0.4) is 0 Å². The van der Waals surface area contributed by atoms with Gasteiger partial charge in [-0.05, 0) is 44.0 Å². The molecule has 1 aliphatic rings. The summed E-state index contributed by atoms with van der Waals surface area (Å²) in [5.41, 5.74) is 1.40. The Hall–Kier alpha value is -2.80. The lowest BCUT2D eigenvalue weighted by molar-refractivity contribution is -0.0878. The molecule has 29 heavy (non-hydrogen) atoms. The van der Waals surface area contributed by atoms with Crippen molar-refractivity contribution >= 4 is 11.8 Å². The predicted molar refractivity (Wildman–Crippen MR) is 109 cm³/mol. The van der Waals surface area contributed by atoms with E-state index in [2.05, 4.69) is 0 Å². The van der Waals surface area contributed by atoms with Crippen LogP contribution in [0, 0.1) is 5.82 Å². The number of amides is 1. The van der Waals surface area contributed by atoms with E-state index in [0.717, 1.165) is 11.3 Å². The zero-order chi connectivity index (χ0) is 21.3. The molecule has 0 aliphatic carbocycles. The number of carboxylic acid groups (broad SMARTS) is 1. The first-order valence-corrected chi connectivity index (χ1v) is 9.52. The Kier molecular flexibility index (Phi) is 5.71. The van der Waals surface area contributed by atoms with Gasteiger partial charge in [-0.3, -0.25) is 4.90 Å². The van der Waals surface area contributed by atoms with Gasteiger partial charge in [0.25, 0.3) is 0 Å². The summed E-state index contributed by atoms with van der Waals surface area (Å²) in [6, 6.07) is 10.7. The van der Waals surface area contributed by atoms with Crippen molar-refractivity contribution in [2.45, 2.75) is 38.0 Å². The summed E-state index contributed by atoms with van der Waals surface area (Å²) >= 11 is 0. The molecule has 2 aromatic carbocycles. The molecule has 3 rings (SSSR count). The van der Waals surface area contributed by atoms with Crippen LogP contribution in [-0.2, 0) is 6.42 Å². The zero-order valence-corrected chi connectivity index (χ0v) is 17.1. The number of anilines is 1. The van der Waals surface area contributed by atoms with Crippen molar-refractivity contribution in [1.82, 2.24) is 4.90 Å². The van der Waals surface area contributed by atoms with Gasteiger partial charge in [0.2, 0.25) is 0 Å². The molecule has 7 heteroatoms. The third-order valence-electron chi connectivity index (χ3n) is 5.35. The first-order chi connectivity index (χ1) is 13.6. The lowest BCUT2D eigenvalue weighted by Gasteiger charge is -2.45. The lowest BCUT2D eigenvalue weighted by Crippen LogP contribution is -2.54. The molecule has 0 spiro atoms. The van der Waals surface area contributed by atoms with Gasteiger partial charge < -0.3 is 19.8 Å². The fourth-order valence-corrected chi connectivity index (χ4v) is 3.62. The molecule has 2 N–H and O–H groups in total. The van der Waals surface area contributed by atoms with Gasteiger partial charge in [0.05, 0.1) is 6.04 Å². The van der Waals surface area contributed by atoms with E-state index in [1.807, 2.05) is 37.2 Å². The third kappa shape index (κ3) is 4.29. The Bertz CT molecular complexity index is 883. The highest BCUT2D eigenvalue weighted by atomic mass is 19.1. The normalized spacial score (nSPS) is 19.8. The molecule has 0 aromatic heterocycles. The molecule has 0 bridgehead atoms. The average molecular weight is 402 g/mol. The number of aliphatic hydroxyl groups excluding tert-OH is 1. The Balaban J connectivity index is 1.95. The number of fused-ring (bicyclic) bond motifs is 1. The van der Waals surface area contributed by atoms with Gasteiger partial charge in [-0.25, -0.2) is 9.18 Å². The smallest absolute Gasteiger partial charge is 0.407 e. The van der Waals surface area contributed by atoms with Crippen molar-refractivity contribution < 1.29 is 24.1 Å². The van der Waals surface area contributed by atoms with Gasteiger partial charge in [0, 0.05) is 38.0 Å². The van der Waals surface area contributed by atoms with Crippen molar-refractivity contribution in [1.29, 1.82) is 0 Å². The Morgan fingerprint density at radius 1 is 1.17 bits per heavy atom. The van der Waals surface area contributed by atoms with Gasteiger partial charge in [-0.2, -0.15) is 0 Å². The number of carbonyl (C=O) groups is 1. The number of halogens is 1. The predicted octanol–water partition coefficient (Wildman–Crippen LogP) is 3.69. The van der Waals surface area contributed by atoms with E-state index in [0.29, 0.717) is 17.7 Å².